The number of anilines is 3. The summed E-state index contributed by atoms with van der Waals surface area (Å²) in [5, 5.41) is 6.03. The second-order valence-electron chi connectivity index (χ2n) is 7.72. The van der Waals surface area contributed by atoms with Gasteiger partial charge in [0.1, 0.15) is 11.5 Å². The lowest BCUT2D eigenvalue weighted by Crippen LogP contribution is -2.54. The van der Waals surface area contributed by atoms with Gasteiger partial charge in [-0.25, -0.2) is 0 Å². The average molecular weight is 451 g/mol. The Kier molecular flexibility index (Phi) is 6.12. The van der Waals surface area contributed by atoms with Gasteiger partial charge in [0.05, 0.1) is 12.2 Å². The number of ether oxygens (including phenoxy) is 1. The number of amides is 2. The number of hydrogen-bond acceptors (Lipinski definition) is 5. The molecule has 1 atom stereocenters. The molecule has 0 bridgehead atoms. The first kappa shape index (κ1) is 21.8. The second-order valence-corrected chi connectivity index (χ2v) is 8.15. The summed E-state index contributed by atoms with van der Waals surface area (Å²) in [6.07, 6.45) is 0.348. The van der Waals surface area contributed by atoms with Crippen molar-refractivity contribution in [3.63, 3.8) is 0 Å². The molecule has 2 N–H and O–H groups in total. The summed E-state index contributed by atoms with van der Waals surface area (Å²) in [5.74, 6) is 0.132. The Balaban J connectivity index is 1.78. The van der Waals surface area contributed by atoms with Crippen LogP contribution in [0, 0.1) is 0 Å². The molecule has 1 aliphatic heterocycles. The van der Waals surface area contributed by atoms with Crippen LogP contribution in [0.15, 0.2) is 66.7 Å². The Hall–Kier alpha value is -3.42. The lowest BCUT2D eigenvalue weighted by Gasteiger charge is -2.40. The smallest absolute Gasteiger partial charge is 0.276 e. The number of carbonyl (C=O) groups is 2. The molecule has 32 heavy (non-hydrogen) atoms. The van der Waals surface area contributed by atoms with Gasteiger partial charge in [0, 0.05) is 11.4 Å². The topological polar surface area (TPSA) is 83.6 Å². The molecule has 0 saturated heterocycles. The van der Waals surface area contributed by atoms with Gasteiger partial charge in [-0.15, -0.1) is 0 Å². The molecule has 3 aromatic rings. The van der Waals surface area contributed by atoms with E-state index >= 15 is 0 Å². The van der Waals surface area contributed by atoms with Gasteiger partial charge in [-0.05, 0) is 49.9 Å². The Bertz CT molecular complexity index is 1150. The third-order valence-electron chi connectivity index (χ3n) is 5.11. The van der Waals surface area contributed by atoms with E-state index in [1.807, 2.05) is 36.4 Å². The highest BCUT2D eigenvalue weighted by molar-refractivity contribution is 6.31. The third kappa shape index (κ3) is 4.44. The van der Waals surface area contributed by atoms with Gasteiger partial charge in [-0.3, -0.25) is 14.5 Å². The van der Waals surface area contributed by atoms with Gasteiger partial charge in [-0.1, -0.05) is 48.0 Å². The maximum Gasteiger partial charge on any atom is 0.276 e. The maximum absolute atomic E-state index is 13.7. The Morgan fingerprint density at radius 1 is 1.12 bits per heavy atom. The van der Waals surface area contributed by atoms with E-state index in [9.17, 15) is 9.59 Å². The lowest BCUT2D eigenvalue weighted by atomic mass is 9.92. The van der Waals surface area contributed by atoms with E-state index < -0.39 is 5.60 Å². The molecule has 164 valence electrons. The predicted octanol–water partition coefficient (Wildman–Crippen LogP) is 3.95. The molecule has 0 spiro atoms. The van der Waals surface area contributed by atoms with Crippen LogP contribution >= 0.6 is 11.6 Å². The van der Waals surface area contributed by atoms with E-state index in [2.05, 4.69) is 15.6 Å². The highest BCUT2D eigenvalue weighted by atomic mass is 35.5. The van der Waals surface area contributed by atoms with Gasteiger partial charge in [0.25, 0.3) is 5.91 Å². The minimum Gasteiger partial charge on any atom is -0.459 e. The number of carbonyl (C=O) groups excluding carboxylic acids is 2. The molecule has 7 nitrogen and oxygen atoms in total. The molecule has 2 amide bonds. The number of nitrogens with zero attached hydrogens (tertiary/aromatic N) is 2. The summed E-state index contributed by atoms with van der Waals surface area (Å²) in [6.45, 7) is 1.90. The SMILES string of the molecule is CNCC(=O)Nc1ccc2c(n1)OC(C)(Cc1ccccc1)C(=O)N2c1cccc(Cl)c1. The predicted molar refractivity (Wildman–Crippen MR) is 125 cm³/mol. The van der Waals surface area contributed by atoms with Crippen LogP contribution < -0.4 is 20.3 Å². The van der Waals surface area contributed by atoms with Crippen molar-refractivity contribution in [2.24, 2.45) is 0 Å². The van der Waals surface area contributed by atoms with E-state index in [0.717, 1.165) is 5.56 Å². The number of pyridine rings is 1. The number of halogens is 1. The number of aromatic nitrogens is 1. The number of likely N-dealkylation sites (N-methyl/N-ethyl adjacent to an activating group) is 1. The maximum atomic E-state index is 13.7. The summed E-state index contributed by atoms with van der Waals surface area (Å²) < 4.78 is 6.20. The molecular formula is C24H23ClN4O3. The van der Waals surface area contributed by atoms with Crippen LogP contribution in [0.5, 0.6) is 5.88 Å². The summed E-state index contributed by atoms with van der Waals surface area (Å²) >= 11 is 6.21. The monoisotopic (exact) mass is 450 g/mol. The summed E-state index contributed by atoms with van der Waals surface area (Å²) in [6, 6.07) is 20.1. The van der Waals surface area contributed by atoms with Crippen LogP contribution in [0.1, 0.15) is 12.5 Å². The quantitative estimate of drug-likeness (QED) is 0.594. The molecule has 8 heteroatoms. The molecule has 0 saturated carbocycles. The Labute approximate surface area is 191 Å². The van der Waals surface area contributed by atoms with Crippen LogP contribution in [-0.2, 0) is 16.0 Å². The largest absolute Gasteiger partial charge is 0.459 e. The van der Waals surface area contributed by atoms with Crippen LogP contribution in [0.3, 0.4) is 0 Å². The molecule has 0 radical (unpaired) electrons. The number of hydrogen-bond donors (Lipinski definition) is 2. The van der Waals surface area contributed by atoms with Crippen LogP contribution in [0.2, 0.25) is 5.02 Å². The van der Waals surface area contributed by atoms with Gasteiger partial charge in [-0.2, -0.15) is 4.98 Å². The molecule has 0 aliphatic carbocycles. The van der Waals surface area contributed by atoms with Crippen molar-refractivity contribution < 1.29 is 14.3 Å². The van der Waals surface area contributed by atoms with Crippen molar-refractivity contribution >= 4 is 40.6 Å². The molecule has 4 rings (SSSR count). The normalized spacial score (nSPS) is 17.5. The van der Waals surface area contributed by atoms with Crippen molar-refractivity contribution in [2.75, 3.05) is 23.8 Å². The molecule has 1 aromatic heterocycles. The fourth-order valence-corrected chi connectivity index (χ4v) is 3.85. The van der Waals surface area contributed by atoms with Crippen molar-refractivity contribution in [3.8, 4) is 5.88 Å². The molecule has 0 fully saturated rings. The van der Waals surface area contributed by atoms with Gasteiger partial charge < -0.3 is 15.4 Å². The zero-order valence-electron chi connectivity index (χ0n) is 17.8. The summed E-state index contributed by atoms with van der Waals surface area (Å²) in [5.41, 5.74) is 0.836. The fraction of sp³-hybridized carbons (Fsp3) is 0.208. The summed E-state index contributed by atoms with van der Waals surface area (Å²) in [7, 11) is 1.69. The zero-order valence-corrected chi connectivity index (χ0v) is 18.5. The van der Waals surface area contributed by atoms with Crippen molar-refractivity contribution in [3.05, 3.63) is 77.3 Å². The molecule has 2 aromatic carbocycles. The zero-order chi connectivity index (χ0) is 22.7. The number of rotatable bonds is 6. The Morgan fingerprint density at radius 2 is 1.91 bits per heavy atom. The van der Waals surface area contributed by atoms with Crippen molar-refractivity contribution in [2.45, 2.75) is 18.9 Å². The first-order valence-electron chi connectivity index (χ1n) is 10.2. The van der Waals surface area contributed by atoms with Gasteiger partial charge >= 0.3 is 0 Å². The first-order valence-corrected chi connectivity index (χ1v) is 10.6. The number of nitrogens with one attached hydrogen (secondary N) is 2. The second kappa shape index (κ2) is 8.98. The standard InChI is InChI=1S/C24H23ClN4O3/c1-24(14-16-7-4-3-5-8-16)23(31)29(18-10-6-9-17(25)13-18)19-11-12-20(28-22(19)32-24)27-21(30)15-26-2/h3-13,26H,14-15H2,1-2H3,(H,27,28,30). The number of benzene rings is 2. The van der Waals surface area contributed by atoms with Crippen LogP contribution in [-0.4, -0.2) is 36.0 Å². The first-order chi connectivity index (χ1) is 15.4. The molecule has 2 heterocycles. The molecular weight excluding hydrogens is 428 g/mol. The van der Waals surface area contributed by atoms with Crippen molar-refractivity contribution in [1.29, 1.82) is 0 Å². The van der Waals surface area contributed by atoms with E-state index in [-0.39, 0.29) is 24.2 Å². The van der Waals surface area contributed by atoms with E-state index in [0.29, 0.717) is 28.6 Å². The van der Waals surface area contributed by atoms with Crippen LogP contribution in [0.4, 0.5) is 17.2 Å². The van der Waals surface area contributed by atoms with E-state index in [1.165, 1.54) is 0 Å². The van der Waals surface area contributed by atoms with E-state index in [1.54, 1.807) is 49.2 Å². The lowest BCUT2D eigenvalue weighted by molar-refractivity contribution is -0.133. The van der Waals surface area contributed by atoms with Gasteiger partial charge in [0.15, 0.2) is 5.60 Å². The molecule has 1 aliphatic rings. The molecule has 1 unspecified atom stereocenters. The number of fused-ring (bicyclic) bond motifs is 1. The minimum atomic E-state index is -1.21. The summed E-state index contributed by atoms with van der Waals surface area (Å²) in [4.78, 5) is 31.8. The van der Waals surface area contributed by atoms with Crippen molar-refractivity contribution in [1.82, 2.24) is 10.3 Å². The van der Waals surface area contributed by atoms with Crippen LogP contribution in [0.25, 0.3) is 0 Å². The van der Waals surface area contributed by atoms with E-state index in [4.69, 9.17) is 16.3 Å². The highest BCUT2D eigenvalue weighted by Gasteiger charge is 2.46. The minimum absolute atomic E-state index is 0.151. The fourth-order valence-electron chi connectivity index (χ4n) is 3.67. The third-order valence-corrected chi connectivity index (χ3v) is 5.35. The average Bonchev–Trinajstić information content (AvgIpc) is 2.75. The highest BCUT2D eigenvalue weighted by Crippen LogP contribution is 2.43. The van der Waals surface area contributed by atoms with Gasteiger partial charge in [0.2, 0.25) is 11.8 Å². The Morgan fingerprint density at radius 3 is 2.62 bits per heavy atom.